The summed E-state index contributed by atoms with van der Waals surface area (Å²) in [6.45, 7) is -0.391. The van der Waals surface area contributed by atoms with E-state index in [-0.39, 0.29) is 19.1 Å². The van der Waals surface area contributed by atoms with Gasteiger partial charge < -0.3 is 19.1 Å². The molecule has 1 amide bonds. The Morgan fingerprint density at radius 1 is 1.30 bits per heavy atom. The van der Waals surface area contributed by atoms with Crippen molar-refractivity contribution >= 4 is 18.0 Å². The molecule has 1 aromatic rings. The molecule has 0 atom stereocenters. The van der Waals surface area contributed by atoms with Crippen LogP contribution in [0.25, 0.3) is 6.08 Å². The molecule has 0 aliphatic heterocycles. The Kier molecular flexibility index (Phi) is 7.14. The summed E-state index contributed by atoms with van der Waals surface area (Å²) >= 11 is 0. The van der Waals surface area contributed by atoms with Crippen molar-refractivity contribution < 1.29 is 23.8 Å². The number of ether oxygens (including phenoxy) is 3. The molecule has 0 spiro atoms. The second kappa shape index (κ2) is 9.10. The topological polar surface area (TPSA) is 88.9 Å². The first-order valence-corrected chi connectivity index (χ1v) is 6.70. The summed E-state index contributed by atoms with van der Waals surface area (Å²) in [6.07, 6.45) is 2.74. The van der Waals surface area contributed by atoms with E-state index in [1.807, 2.05) is 6.07 Å². The fourth-order valence-electron chi connectivity index (χ4n) is 1.49. The lowest BCUT2D eigenvalue weighted by Gasteiger charge is -2.09. The summed E-state index contributed by atoms with van der Waals surface area (Å²) in [5.41, 5.74) is 0.682. The van der Waals surface area contributed by atoms with E-state index in [4.69, 9.17) is 19.5 Å². The summed E-state index contributed by atoms with van der Waals surface area (Å²) in [5.74, 6) is -0.0414. The van der Waals surface area contributed by atoms with Crippen molar-refractivity contribution in [3.8, 4) is 17.6 Å². The molecule has 0 saturated heterocycles. The number of benzene rings is 1. The molecule has 7 nitrogen and oxygen atoms in total. The molecule has 0 N–H and O–H groups in total. The Morgan fingerprint density at radius 2 is 2.04 bits per heavy atom. The van der Waals surface area contributed by atoms with Crippen molar-refractivity contribution in [3.05, 3.63) is 29.8 Å². The van der Waals surface area contributed by atoms with Crippen LogP contribution >= 0.6 is 0 Å². The van der Waals surface area contributed by atoms with Crippen molar-refractivity contribution in [1.29, 1.82) is 5.26 Å². The molecule has 23 heavy (non-hydrogen) atoms. The smallest absolute Gasteiger partial charge is 0.331 e. The third-order valence-corrected chi connectivity index (χ3v) is 2.73. The first-order chi connectivity index (χ1) is 11.0. The number of amides is 1. The van der Waals surface area contributed by atoms with E-state index in [9.17, 15) is 9.59 Å². The van der Waals surface area contributed by atoms with Crippen LogP contribution in [0.2, 0.25) is 0 Å². The summed E-state index contributed by atoms with van der Waals surface area (Å²) < 4.78 is 15.2. The molecule has 0 unspecified atom stereocenters. The van der Waals surface area contributed by atoms with Crippen LogP contribution in [0.15, 0.2) is 24.3 Å². The minimum Gasteiger partial charge on any atom is -0.493 e. The van der Waals surface area contributed by atoms with Gasteiger partial charge in [0, 0.05) is 20.2 Å². The van der Waals surface area contributed by atoms with Crippen LogP contribution in [0.1, 0.15) is 5.56 Å². The lowest BCUT2D eigenvalue weighted by molar-refractivity contribution is -0.146. The highest BCUT2D eigenvalue weighted by atomic mass is 16.5. The van der Waals surface area contributed by atoms with Gasteiger partial charge in [0.2, 0.25) is 0 Å². The number of nitrogens with zero attached hydrogens (tertiary/aromatic N) is 2. The average molecular weight is 318 g/mol. The van der Waals surface area contributed by atoms with Gasteiger partial charge in [0.05, 0.1) is 7.11 Å². The van der Waals surface area contributed by atoms with Gasteiger partial charge in [0.15, 0.2) is 24.7 Å². The fraction of sp³-hybridized carbons (Fsp3) is 0.312. The molecular weight excluding hydrogens is 300 g/mol. The number of hydrogen-bond donors (Lipinski definition) is 0. The Balaban J connectivity index is 2.67. The van der Waals surface area contributed by atoms with Crippen LogP contribution in [0, 0.1) is 11.3 Å². The van der Waals surface area contributed by atoms with E-state index >= 15 is 0 Å². The first kappa shape index (κ1) is 18.0. The largest absolute Gasteiger partial charge is 0.493 e. The number of rotatable bonds is 7. The van der Waals surface area contributed by atoms with Gasteiger partial charge in [-0.05, 0) is 23.8 Å². The maximum Gasteiger partial charge on any atom is 0.331 e. The van der Waals surface area contributed by atoms with E-state index in [0.29, 0.717) is 17.1 Å². The van der Waals surface area contributed by atoms with Crippen molar-refractivity contribution in [3.63, 3.8) is 0 Å². The Hall–Kier alpha value is -3.01. The van der Waals surface area contributed by atoms with Crippen LogP contribution in [0.4, 0.5) is 0 Å². The maximum absolute atomic E-state index is 11.5. The van der Waals surface area contributed by atoms with Gasteiger partial charge in [-0.25, -0.2) is 4.79 Å². The number of carbonyl (C=O) groups excluding carboxylic acids is 2. The highest BCUT2D eigenvalue weighted by Crippen LogP contribution is 2.28. The third-order valence-electron chi connectivity index (χ3n) is 2.73. The molecule has 1 aromatic carbocycles. The van der Waals surface area contributed by atoms with Gasteiger partial charge in [-0.1, -0.05) is 6.07 Å². The molecular formula is C16H18N2O5. The van der Waals surface area contributed by atoms with Crippen LogP contribution < -0.4 is 9.47 Å². The summed E-state index contributed by atoms with van der Waals surface area (Å²) in [6, 6.07) is 6.86. The van der Waals surface area contributed by atoms with Crippen LogP contribution in [0.3, 0.4) is 0 Å². The number of nitriles is 1. The lowest BCUT2D eigenvalue weighted by Crippen LogP contribution is -2.27. The van der Waals surface area contributed by atoms with Crippen LogP contribution in [-0.2, 0) is 14.3 Å². The molecule has 0 heterocycles. The minimum atomic E-state index is -0.621. The minimum absolute atomic E-state index is 0.0855. The Bertz CT molecular complexity index is 632. The molecule has 0 fully saturated rings. The lowest BCUT2D eigenvalue weighted by atomic mass is 10.2. The van der Waals surface area contributed by atoms with Gasteiger partial charge in [0.25, 0.3) is 5.91 Å². The molecule has 1 rings (SSSR count). The van der Waals surface area contributed by atoms with Gasteiger partial charge in [0.1, 0.15) is 6.07 Å². The van der Waals surface area contributed by atoms with Crippen molar-refractivity contribution in [2.24, 2.45) is 0 Å². The van der Waals surface area contributed by atoms with Crippen molar-refractivity contribution in [2.75, 3.05) is 34.4 Å². The molecule has 0 saturated carbocycles. The predicted molar refractivity (Wildman–Crippen MR) is 82.8 cm³/mol. The van der Waals surface area contributed by atoms with Gasteiger partial charge in [-0.3, -0.25) is 4.79 Å². The summed E-state index contributed by atoms with van der Waals surface area (Å²) in [4.78, 5) is 24.2. The number of carbonyl (C=O) groups is 2. The number of methoxy groups -OCH3 is 1. The van der Waals surface area contributed by atoms with Gasteiger partial charge in [-0.2, -0.15) is 5.26 Å². The van der Waals surface area contributed by atoms with Crippen molar-refractivity contribution in [1.82, 2.24) is 4.90 Å². The number of likely N-dealkylation sites (N-methyl/N-ethyl adjacent to an activating group) is 1. The second-order valence-electron chi connectivity index (χ2n) is 4.59. The molecule has 122 valence electrons. The zero-order valence-corrected chi connectivity index (χ0v) is 13.2. The molecule has 0 aromatic heterocycles. The molecule has 0 bridgehead atoms. The quantitative estimate of drug-likeness (QED) is 0.555. The highest BCUT2D eigenvalue weighted by molar-refractivity contribution is 5.89. The van der Waals surface area contributed by atoms with E-state index < -0.39 is 5.97 Å². The van der Waals surface area contributed by atoms with E-state index in [2.05, 4.69) is 0 Å². The zero-order valence-electron chi connectivity index (χ0n) is 13.2. The summed E-state index contributed by atoms with van der Waals surface area (Å²) in [5, 5.41) is 8.51. The summed E-state index contributed by atoms with van der Waals surface area (Å²) in [7, 11) is 4.63. The maximum atomic E-state index is 11.5. The Morgan fingerprint density at radius 3 is 2.65 bits per heavy atom. The van der Waals surface area contributed by atoms with Gasteiger partial charge >= 0.3 is 5.97 Å². The SMILES string of the molecule is COc1cc(C=CC(=O)OCC(=O)N(C)C)ccc1OCC#N. The van der Waals surface area contributed by atoms with Crippen LogP contribution in [-0.4, -0.2) is 51.2 Å². The normalized spacial score (nSPS) is 10.0. The fourth-order valence-corrected chi connectivity index (χ4v) is 1.49. The van der Waals surface area contributed by atoms with E-state index in [0.717, 1.165) is 0 Å². The zero-order chi connectivity index (χ0) is 17.2. The molecule has 0 aliphatic rings. The van der Waals surface area contributed by atoms with E-state index in [1.165, 1.54) is 24.2 Å². The second-order valence-corrected chi connectivity index (χ2v) is 4.59. The molecule has 0 radical (unpaired) electrons. The van der Waals surface area contributed by atoms with Crippen molar-refractivity contribution in [2.45, 2.75) is 0 Å². The predicted octanol–water partition coefficient (Wildman–Crippen LogP) is 1.24. The standard InChI is InChI=1S/C16H18N2O5/c1-18(2)15(19)11-23-16(20)7-5-12-4-6-13(22-9-8-17)14(10-12)21-3/h4-7,10H,9,11H2,1-3H3. The molecule has 7 heteroatoms. The van der Waals surface area contributed by atoms with Gasteiger partial charge in [-0.15, -0.1) is 0 Å². The third kappa shape index (κ3) is 6.09. The highest BCUT2D eigenvalue weighted by Gasteiger charge is 2.07. The Labute approximate surface area is 134 Å². The number of esters is 1. The van der Waals surface area contributed by atoms with E-state index in [1.54, 1.807) is 32.3 Å². The monoisotopic (exact) mass is 318 g/mol. The average Bonchev–Trinajstić information content (AvgIpc) is 2.55. The number of hydrogen-bond acceptors (Lipinski definition) is 6. The van der Waals surface area contributed by atoms with Crippen LogP contribution in [0.5, 0.6) is 11.5 Å². The first-order valence-electron chi connectivity index (χ1n) is 6.70. The molecule has 0 aliphatic carbocycles.